The number of hydrogen-bond donors (Lipinski definition) is 1. The first-order valence-electron chi connectivity index (χ1n) is 14.8. The maximum Gasteiger partial charge on any atom is 0.397 e. The molecule has 0 heterocycles. The summed E-state index contributed by atoms with van der Waals surface area (Å²) in [6, 6.07) is 0. The van der Waals surface area contributed by atoms with Crippen LogP contribution in [0.1, 0.15) is 162 Å². The van der Waals surface area contributed by atoms with Crippen molar-refractivity contribution < 1.29 is 17.2 Å². The Morgan fingerprint density at radius 3 is 1.41 bits per heavy atom. The molecule has 5 heteroatoms. The average Bonchev–Trinajstić information content (AvgIpc) is 2.80. The summed E-state index contributed by atoms with van der Waals surface area (Å²) in [5, 5.41) is 0. The topological polar surface area (TPSA) is 63.6 Å². The molecule has 204 valence electrons. The highest BCUT2D eigenvalue weighted by molar-refractivity contribution is 7.80. The van der Waals surface area contributed by atoms with E-state index in [-0.39, 0.29) is 12.5 Å². The van der Waals surface area contributed by atoms with E-state index in [1.165, 1.54) is 128 Å². The predicted octanol–water partition coefficient (Wildman–Crippen LogP) is 9.99. The van der Waals surface area contributed by atoms with E-state index in [0.717, 1.165) is 19.3 Å². The fourth-order valence-corrected chi connectivity index (χ4v) is 4.86. The highest BCUT2D eigenvalue weighted by Crippen LogP contribution is 2.17. The molecule has 0 aromatic heterocycles. The summed E-state index contributed by atoms with van der Waals surface area (Å²) in [5.74, 6) is 0.0589. The molecule has 1 N–H and O–H groups in total. The van der Waals surface area contributed by atoms with Crippen molar-refractivity contribution in [2.45, 2.75) is 162 Å². The van der Waals surface area contributed by atoms with E-state index in [9.17, 15) is 8.42 Å². The van der Waals surface area contributed by atoms with E-state index in [1.807, 2.05) is 0 Å². The Balaban J connectivity index is 3.85. The molecular formula is C29H58O4S. The van der Waals surface area contributed by atoms with E-state index in [4.69, 9.17) is 4.55 Å². The molecule has 0 saturated carbocycles. The van der Waals surface area contributed by atoms with E-state index in [1.54, 1.807) is 0 Å². The number of hydrogen-bond acceptors (Lipinski definition) is 3. The minimum atomic E-state index is -4.36. The molecule has 0 aliphatic carbocycles. The molecule has 0 saturated heterocycles. The molecule has 0 fully saturated rings. The molecule has 0 spiro atoms. The summed E-state index contributed by atoms with van der Waals surface area (Å²) in [7, 11) is -4.36. The fourth-order valence-electron chi connectivity index (χ4n) is 4.52. The van der Waals surface area contributed by atoms with Crippen molar-refractivity contribution in [3.05, 3.63) is 12.2 Å². The second-order valence-corrected chi connectivity index (χ2v) is 11.3. The van der Waals surface area contributed by atoms with Crippen LogP contribution in [0.5, 0.6) is 0 Å². The van der Waals surface area contributed by atoms with Gasteiger partial charge in [0.25, 0.3) is 0 Å². The van der Waals surface area contributed by atoms with Crippen molar-refractivity contribution in [3.8, 4) is 0 Å². The standard InChI is InChI=1S/C29H58O4S/c1-3-5-7-9-11-13-15-17-19-21-23-25-27-29(28-33-34(30,31)32)26-24-22-20-18-16-14-12-10-8-6-4-2/h25,27,29H,3-24,26,28H2,1-2H3,(H,30,31,32)/b27-25+. The summed E-state index contributed by atoms with van der Waals surface area (Å²) in [5.41, 5.74) is 0. The van der Waals surface area contributed by atoms with Gasteiger partial charge in [0.15, 0.2) is 0 Å². The number of unbranched alkanes of at least 4 members (excludes halogenated alkanes) is 20. The number of allylic oxidation sites excluding steroid dienone is 1. The lowest BCUT2D eigenvalue weighted by Gasteiger charge is -2.12. The third-order valence-corrected chi connectivity index (χ3v) is 7.18. The fraction of sp³-hybridized carbons (Fsp3) is 0.931. The van der Waals surface area contributed by atoms with Crippen LogP contribution in [0, 0.1) is 5.92 Å². The Morgan fingerprint density at radius 1 is 0.618 bits per heavy atom. The summed E-state index contributed by atoms with van der Waals surface area (Å²) >= 11 is 0. The van der Waals surface area contributed by atoms with Crippen molar-refractivity contribution in [1.82, 2.24) is 0 Å². The SMILES string of the molecule is CCCCCCCCCCCC/C=C/C(CCCCCCCCCCCCC)COS(=O)(=O)O. The summed E-state index contributed by atoms with van der Waals surface area (Å²) in [6.07, 6.45) is 33.9. The normalized spacial score (nSPS) is 13.1. The molecular weight excluding hydrogens is 444 g/mol. The molecule has 0 radical (unpaired) electrons. The minimum Gasteiger partial charge on any atom is -0.264 e. The maximum atomic E-state index is 11.0. The van der Waals surface area contributed by atoms with Gasteiger partial charge in [0.1, 0.15) is 0 Å². The van der Waals surface area contributed by atoms with Crippen LogP contribution in [-0.2, 0) is 14.6 Å². The van der Waals surface area contributed by atoms with Crippen molar-refractivity contribution in [2.75, 3.05) is 6.61 Å². The van der Waals surface area contributed by atoms with Crippen LogP contribution in [0.4, 0.5) is 0 Å². The van der Waals surface area contributed by atoms with Crippen molar-refractivity contribution in [3.63, 3.8) is 0 Å². The zero-order valence-electron chi connectivity index (χ0n) is 22.8. The second kappa shape index (κ2) is 25.7. The van der Waals surface area contributed by atoms with Crippen LogP contribution in [0.2, 0.25) is 0 Å². The van der Waals surface area contributed by atoms with Crippen LogP contribution in [0.15, 0.2) is 12.2 Å². The molecule has 1 unspecified atom stereocenters. The predicted molar refractivity (Wildman–Crippen MR) is 148 cm³/mol. The molecule has 0 rings (SSSR count). The van der Waals surface area contributed by atoms with Crippen LogP contribution >= 0.6 is 0 Å². The van der Waals surface area contributed by atoms with Gasteiger partial charge < -0.3 is 0 Å². The molecule has 0 amide bonds. The van der Waals surface area contributed by atoms with Crippen LogP contribution in [0.25, 0.3) is 0 Å². The average molecular weight is 503 g/mol. The monoisotopic (exact) mass is 502 g/mol. The quantitative estimate of drug-likeness (QED) is 0.0689. The molecule has 0 aromatic carbocycles. The van der Waals surface area contributed by atoms with Gasteiger partial charge >= 0.3 is 10.4 Å². The second-order valence-electron chi connectivity index (χ2n) is 10.2. The van der Waals surface area contributed by atoms with Crippen LogP contribution < -0.4 is 0 Å². The first-order valence-corrected chi connectivity index (χ1v) is 16.1. The van der Waals surface area contributed by atoms with Gasteiger partial charge in [0.05, 0.1) is 6.61 Å². The highest BCUT2D eigenvalue weighted by Gasteiger charge is 2.11. The molecule has 0 aromatic rings. The summed E-state index contributed by atoms with van der Waals surface area (Å²) in [4.78, 5) is 0. The lowest BCUT2D eigenvalue weighted by molar-refractivity contribution is 0.234. The van der Waals surface area contributed by atoms with Crippen molar-refractivity contribution in [2.24, 2.45) is 5.92 Å². The first kappa shape index (κ1) is 33.6. The van der Waals surface area contributed by atoms with Gasteiger partial charge in [0.2, 0.25) is 0 Å². The van der Waals surface area contributed by atoms with Gasteiger partial charge in [0, 0.05) is 5.92 Å². The van der Waals surface area contributed by atoms with Crippen molar-refractivity contribution in [1.29, 1.82) is 0 Å². The lowest BCUT2D eigenvalue weighted by atomic mass is 9.99. The Labute approximate surface area is 213 Å². The molecule has 4 nitrogen and oxygen atoms in total. The number of rotatable bonds is 27. The zero-order valence-corrected chi connectivity index (χ0v) is 23.6. The van der Waals surface area contributed by atoms with Gasteiger partial charge in [-0.25, -0.2) is 4.18 Å². The van der Waals surface area contributed by atoms with Crippen LogP contribution in [-0.4, -0.2) is 19.6 Å². The molecule has 34 heavy (non-hydrogen) atoms. The molecule has 1 atom stereocenters. The Hall–Kier alpha value is -0.390. The van der Waals surface area contributed by atoms with E-state index >= 15 is 0 Å². The van der Waals surface area contributed by atoms with Crippen LogP contribution in [0.3, 0.4) is 0 Å². The lowest BCUT2D eigenvalue weighted by Crippen LogP contribution is -2.12. The molecule has 0 bridgehead atoms. The van der Waals surface area contributed by atoms with Gasteiger partial charge in [-0.2, -0.15) is 8.42 Å². The largest absolute Gasteiger partial charge is 0.397 e. The highest BCUT2D eigenvalue weighted by atomic mass is 32.3. The Bertz CT molecular complexity index is 530. The smallest absolute Gasteiger partial charge is 0.264 e. The van der Waals surface area contributed by atoms with Gasteiger partial charge in [-0.1, -0.05) is 154 Å². The van der Waals surface area contributed by atoms with Gasteiger partial charge in [-0.15, -0.1) is 0 Å². The van der Waals surface area contributed by atoms with Gasteiger partial charge in [-0.3, -0.25) is 4.55 Å². The summed E-state index contributed by atoms with van der Waals surface area (Å²) < 4.78 is 35.6. The molecule has 0 aliphatic rings. The van der Waals surface area contributed by atoms with E-state index in [2.05, 4.69) is 30.2 Å². The zero-order chi connectivity index (χ0) is 25.2. The molecule has 0 aliphatic heterocycles. The van der Waals surface area contributed by atoms with E-state index < -0.39 is 10.4 Å². The van der Waals surface area contributed by atoms with Crippen molar-refractivity contribution >= 4 is 10.4 Å². The van der Waals surface area contributed by atoms with Gasteiger partial charge in [-0.05, 0) is 19.3 Å². The van der Waals surface area contributed by atoms with E-state index in [0.29, 0.717) is 0 Å². The maximum absolute atomic E-state index is 11.0. The Morgan fingerprint density at radius 2 is 1.00 bits per heavy atom. The third-order valence-electron chi connectivity index (χ3n) is 6.74. The first-order chi connectivity index (χ1) is 16.5. The Kier molecular flexibility index (Phi) is 25.4. The summed E-state index contributed by atoms with van der Waals surface area (Å²) in [6.45, 7) is 4.57. The minimum absolute atomic E-state index is 0.0468. The third kappa shape index (κ3) is 27.9.